The Labute approximate surface area is 261 Å². The van der Waals surface area contributed by atoms with Gasteiger partial charge in [0.1, 0.15) is 22.5 Å². The van der Waals surface area contributed by atoms with E-state index in [9.17, 15) is 20.1 Å². The van der Waals surface area contributed by atoms with E-state index in [1.165, 1.54) is 12.1 Å². The van der Waals surface area contributed by atoms with Crippen LogP contribution in [0.4, 0.5) is 0 Å². The van der Waals surface area contributed by atoms with E-state index in [0.29, 0.717) is 47.3 Å². The molecule has 1 aliphatic heterocycles. The van der Waals surface area contributed by atoms with E-state index < -0.39 is 23.4 Å². The second-order valence-electron chi connectivity index (χ2n) is 11.0. The molecule has 1 aromatic heterocycles. The van der Waals surface area contributed by atoms with E-state index in [1.807, 2.05) is 12.1 Å². The Morgan fingerprint density at radius 3 is 2.22 bits per heavy atom. The summed E-state index contributed by atoms with van der Waals surface area (Å²) in [6.45, 7) is 4.82. The molecule has 1 aliphatic rings. The van der Waals surface area contributed by atoms with Crippen molar-refractivity contribution in [2.24, 2.45) is 0 Å². The average molecular weight is 621 g/mol. The van der Waals surface area contributed by atoms with Crippen LogP contribution >= 0.6 is 0 Å². The van der Waals surface area contributed by atoms with Crippen LogP contribution in [0.5, 0.6) is 40.2 Å². The summed E-state index contributed by atoms with van der Waals surface area (Å²) in [5, 5.41) is 31.5. The van der Waals surface area contributed by atoms with Crippen molar-refractivity contribution in [3.05, 3.63) is 64.3 Å². The lowest BCUT2D eigenvalue weighted by Gasteiger charge is -2.33. The van der Waals surface area contributed by atoms with E-state index in [-0.39, 0.29) is 34.8 Å². The Morgan fingerprint density at radius 2 is 1.53 bits per heavy atom. The number of benzene rings is 3. The van der Waals surface area contributed by atoms with Gasteiger partial charge in [0.25, 0.3) is 0 Å². The topological polar surface area (TPSA) is 137 Å². The highest BCUT2D eigenvalue weighted by molar-refractivity contribution is 5.88. The van der Waals surface area contributed by atoms with Gasteiger partial charge in [-0.1, -0.05) is 45.6 Å². The number of aliphatic hydroxyl groups is 1. The number of unbranched alkanes of at least 4 members (excludes halogenated alkanes) is 4. The summed E-state index contributed by atoms with van der Waals surface area (Å²) in [6.07, 6.45) is 4.42. The summed E-state index contributed by atoms with van der Waals surface area (Å²) in [7, 11) is 1.56. The molecule has 0 radical (unpaired) electrons. The number of phenolic OH excluding ortho intramolecular Hbond substituents is 1. The zero-order valence-corrected chi connectivity index (χ0v) is 25.8. The standard InChI is InChI=1S/C35H40O10/c1-4-6-8-14-41-24-12-10-21(16-26(24)40-3)34-30(20-36)43-25-13-11-22(17-27(25)44-34)35-33(39)32(38)31-28(42-15-9-7-5-2)18-23(37)19-29(31)45-35/h10-13,16-19,30,34,36-37,39H,4-9,14-15,20H2,1-3H3. The van der Waals surface area contributed by atoms with Gasteiger partial charge < -0.3 is 43.4 Å². The third-order valence-corrected chi connectivity index (χ3v) is 7.70. The van der Waals surface area contributed by atoms with Crippen LogP contribution in [-0.2, 0) is 0 Å². The van der Waals surface area contributed by atoms with Crippen molar-refractivity contribution in [2.45, 2.75) is 64.6 Å². The summed E-state index contributed by atoms with van der Waals surface area (Å²) >= 11 is 0. The van der Waals surface area contributed by atoms with E-state index in [1.54, 1.807) is 31.4 Å². The Bertz CT molecular complexity index is 1680. The smallest absolute Gasteiger partial charge is 0.238 e. The number of rotatable bonds is 14. The Balaban J connectivity index is 1.46. The lowest BCUT2D eigenvalue weighted by atomic mass is 10.0. The SMILES string of the molecule is CCCCCOc1ccc(C2Oc3cc(-c4oc5cc(O)cc(OCCCCC)c5c(=O)c4O)ccc3OC2CO)cc1OC. The summed E-state index contributed by atoms with van der Waals surface area (Å²) < 4.78 is 35.7. The maximum Gasteiger partial charge on any atom is 0.238 e. The van der Waals surface area contributed by atoms with E-state index in [0.717, 1.165) is 38.5 Å². The fraction of sp³-hybridized carbons (Fsp3) is 0.400. The van der Waals surface area contributed by atoms with Crippen molar-refractivity contribution in [1.29, 1.82) is 0 Å². The molecule has 4 aromatic rings. The molecule has 0 bridgehead atoms. The van der Waals surface area contributed by atoms with Gasteiger partial charge in [0.15, 0.2) is 41.0 Å². The van der Waals surface area contributed by atoms with Crippen molar-refractivity contribution in [3.8, 4) is 51.6 Å². The largest absolute Gasteiger partial charge is 0.508 e. The van der Waals surface area contributed by atoms with Gasteiger partial charge in [-0.25, -0.2) is 0 Å². The molecule has 3 aromatic carbocycles. The van der Waals surface area contributed by atoms with Crippen molar-refractivity contribution in [3.63, 3.8) is 0 Å². The van der Waals surface area contributed by atoms with Crippen molar-refractivity contribution < 1.29 is 43.4 Å². The Morgan fingerprint density at radius 1 is 0.800 bits per heavy atom. The molecular formula is C35H40O10. The third kappa shape index (κ3) is 6.91. The Hall–Kier alpha value is -4.57. The summed E-state index contributed by atoms with van der Waals surface area (Å²) in [5.74, 6) is 1.13. The maximum absolute atomic E-state index is 13.4. The highest BCUT2D eigenvalue weighted by Crippen LogP contribution is 2.44. The monoisotopic (exact) mass is 620 g/mol. The molecule has 10 nitrogen and oxygen atoms in total. The Kier molecular flexibility index (Phi) is 10.2. The lowest BCUT2D eigenvalue weighted by Crippen LogP contribution is -2.36. The molecule has 0 amide bonds. The molecule has 45 heavy (non-hydrogen) atoms. The zero-order chi connectivity index (χ0) is 31.9. The number of aliphatic hydroxyl groups excluding tert-OH is 1. The second kappa shape index (κ2) is 14.5. The van der Waals surface area contributed by atoms with Crippen LogP contribution in [0.15, 0.2) is 57.7 Å². The summed E-state index contributed by atoms with van der Waals surface area (Å²) in [4.78, 5) is 13.4. The van der Waals surface area contributed by atoms with Crippen molar-refractivity contribution in [1.82, 2.24) is 0 Å². The van der Waals surface area contributed by atoms with Crippen LogP contribution in [-0.4, -0.2) is 48.4 Å². The number of hydrogen-bond acceptors (Lipinski definition) is 10. The van der Waals surface area contributed by atoms with Gasteiger partial charge in [0, 0.05) is 23.3 Å². The number of phenols is 1. The van der Waals surface area contributed by atoms with Crippen LogP contribution in [0.1, 0.15) is 64.0 Å². The lowest BCUT2D eigenvalue weighted by molar-refractivity contribution is -0.0123. The molecule has 5 rings (SSSR count). The van der Waals surface area contributed by atoms with E-state index in [4.69, 9.17) is 28.1 Å². The zero-order valence-electron chi connectivity index (χ0n) is 25.8. The molecule has 0 saturated heterocycles. The third-order valence-electron chi connectivity index (χ3n) is 7.70. The molecule has 0 saturated carbocycles. The highest BCUT2D eigenvalue weighted by atomic mass is 16.6. The van der Waals surface area contributed by atoms with Gasteiger partial charge in [-0.15, -0.1) is 0 Å². The molecule has 2 heterocycles. The first-order chi connectivity index (χ1) is 21.9. The number of methoxy groups -OCH3 is 1. The predicted octanol–water partition coefficient (Wildman–Crippen LogP) is 6.89. The molecule has 3 N–H and O–H groups in total. The molecule has 2 atom stereocenters. The summed E-state index contributed by atoms with van der Waals surface area (Å²) in [6, 6.07) is 12.9. The number of hydrogen-bond donors (Lipinski definition) is 3. The first kappa shape index (κ1) is 31.8. The van der Waals surface area contributed by atoms with E-state index >= 15 is 0 Å². The normalized spacial score (nSPS) is 15.6. The van der Waals surface area contributed by atoms with Gasteiger partial charge in [0.2, 0.25) is 11.2 Å². The summed E-state index contributed by atoms with van der Waals surface area (Å²) in [5.41, 5.74) is 0.423. The van der Waals surface area contributed by atoms with E-state index in [2.05, 4.69) is 13.8 Å². The number of aromatic hydroxyl groups is 2. The van der Waals surface area contributed by atoms with Crippen LogP contribution in [0.25, 0.3) is 22.3 Å². The van der Waals surface area contributed by atoms with Gasteiger partial charge in [0.05, 0.1) is 26.9 Å². The first-order valence-corrected chi connectivity index (χ1v) is 15.4. The maximum atomic E-state index is 13.4. The molecule has 0 aliphatic carbocycles. The average Bonchev–Trinajstić information content (AvgIpc) is 3.05. The molecule has 10 heteroatoms. The van der Waals surface area contributed by atoms with Crippen LogP contribution in [0.3, 0.4) is 0 Å². The van der Waals surface area contributed by atoms with Crippen LogP contribution in [0.2, 0.25) is 0 Å². The van der Waals surface area contributed by atoms with Crippen LogP contribution < -0.4 is 29.1 Å². The number of ether oxygens (including phenoxy) is 5. The molecule has 0 spiro atoms. The van der Waals surface area contributed by atoms with Crippen molar-refractivity contribution >= 4 is 11.0 Å². The fourth-order valence-electron chi connectivity index (χ4n) is 5.31. The highest BCUT2D eigenvalue weighted by Gasteiger charge is 2.34. The van der Waals surface area contributed by atoms with Crippen LogP contribution in [0, 0.1) is 0 Å². The van der Waals surface area contributed by atoms with Gasteiger partial charge in [-0.2, -0.15) is 0 Å². The minimum Gasteiger partial charge on any atom is -0.508 e. The minimum atomic E-state index is -0.713. The first-order valence-electron chi connectivity index (χ1n) is 15.4. The molecule has 0 fully saturated rings. The fourth-order valence-corrected chi connectivity index (χ4v) is 5.31. The molecular weight excluding hydrogens is 580 g/mol. The number of fused-ring (bicyclic) bond motifs is 2. The van der Waals surface area contributed by atoms with Gasteiger partial charge in [-0.3, -0.25) is 4.79 Å². The quantitative estimate of drug-likeness (QED) is 0.128. The second-order valence-corrected chi connectivity index (χ2v) is 11.0. The van der Waals surface area contributed by atoms with Gasteiger partial charge in [-0.05, 0) is 43.2 Å². The predicted molar refractivity (Wildman–Crippen MR) is 169 cm³/mol. The molecule has 240 valence electrons. The minimum absolute atomic E-state index is 0.0423. The van der Waals surface area contributed by atoms with Crippen molar-refractivity contribution in [2.75, 3.05) is 26.9 Å². The molecule has 2 unspecified atom stereocenters. The van der Waals surface area contributed by atoms with Gasteiger partial charge >= 0.3 is 0 Å².